The Morgan fingerprint density at radius 1 is 1.15 bits per heavy atom. The lowest BCUT2D eigenvalue weighted by molar-refractivity contribution is 0.242. The molecule has 3 rings (SSSR count). The van der Waals surface area contributed by atoms with E-state index in [1.54, 1.807) is 6.20 Å². The Hall–Kier alpha value is -2.86. The first-order valence-electron chi connectivity index (χ1n) is 8.93. The van der Waals surface area contributed by atoms with Gasteiger partial charge in [0.15, 0.2) is 5.11 Å². The zero-order valence-corrected chi connectivity index (χ0v) is 16.6. The summed E-state index contributed by atoms with van der Waals surface area (Å²) in [5, 5.41) is 7.05. The molecule has 1 heterocycles. The van der Waals surface area contributed by atoms with Crippen LogP contribution in [0.5, 0.6) is 5.75 Å². The number of rotatable bonds is 6. The lowest BCUT2D eigenvalue weighted by atomic mass is 10.1. The van der Waals surface area contributed by atoms with Crippen molar-refractivity contribution in [3.8, 4) is 11.4 Å². The summed E-state index contributed by atoms with van der Waals surface area (Å²) in [5.74, 6) is 1.80. The van der Waals surface area contributed by atoms with Crippen molar-refractivity contribution in [2.75, 3.05) is 5.32 Å². The zero-order chi connectivity index (χ0) is 19.2. The molecule has 2 aromatic carbocycles. The number of para-hydroxylation sites is 1. The molecule has 2 N–H and O–H groups in total. The van der Waals surface area contributed by atoms with Gasteiger partial charge in [0, 0.05) is 24.6 Å². The number of benzene rings is 2. The summed E-state index contributed by atoms with van der Waals surface area (Å²) >= 11 is 5.43. The first kappa shape index (κ1) is 18.9. The number of anilines is 1. The van der Waals surface area contributed by atoms with Crippen molar-refractivity contribution in [3.05, 3.63) is 72.3 Å². The minimum atomic E-state index is 0.158. The fraction of sp³-hybridized carbons (Fsp3) is 0.238. The molecular weight excluding hydrogens is 356 g/mol. The molecule has 1 aromatic heterocycles. The van der Waals surface area contributed by atoms with E-state index < -0.39 is 0 Å². The van der Waals surface area contributed by atoms with Gasteiger partial charge >= 0.3 is 0 Å². The van der Waals surface area contributed by atoms with Crippen molar-refractivity contribution >= 4 is 23.0 Å². The number of hydrogen-bond donors (Lipinski definition) is 2. The Balaban J connectivity index is 1.61. The van der Waals surface area contributed by atoms with Gasteiger partial charge in [0.1, 0.15) is 11.6 Å². The fourth-order valence-corrected chi connectivity index (χ4v) is 2.96. The SMILES string of the molecule is Cc1nccn1-c1ccccc1CNC(=S)Nc1ccc(OC(C)C)cc1. The van der Waals surface area contributed by atoms with Crippen molar-refractivity contribution in [2.24, 2.45) is 0 Å². The van der Waals surface area contributed by atoms with Gasteiger partial charge in [0.05, 0.1) is 11.8 Å². The minimum Gasteiger partial charge on any atom is -0.491 e. The van der Waals surface area contributed by atoms with Gasteiger partial charge in [0.25, 0.3) is 0 Å². The van der Waals surface area contributed by atoms with Gasteiger partial charge in [-0.2, -0.15) is 0 Å². The summed E-state index contributed by atoms with van der Waals surface area (Å²) in [6, 6.07) is 16.0. The maximum absolute atomic E-state index is 5.65. The molecule has 27 heavy (non-hydrogen) atoms. The fourth-order valence-electron chi connectivity index (χ4n) is 2.77. The number of aromatic nitrogens is 2. The van der Waals surface area contributed by atoms with Gasteiger partial charge in [-0.05, 0) is 68.9 Å². The highest BCUT2D eigenvalue weighted by molar-refractivity contribution is 7.80. The van der Waals surface area contributed by atoms with Crippen molar-refractivity contribution in [1.29, 1.82) is 0 Å². The summed E-state index contributed by atoms with van der Waals surface area (Å²) in [7, 11) is 0. The first-order chi connectivity index (χ1) is 13.0. The number of nitrogens with one attached hydrogen (secondary N) is 2. The number of aryl methyl sites for hydroxylation is 1. The molecular formula is C21H24N4OS. The van der Waals surface area contributed by atoms with Gasteiger partial charge in [0.2, 0.25) is 0 Å². The molecule has 0 atom stereocenters. The van der Waals surface area contributed by atoms with Crippen LogP contribution in [0.4, 0.5) is 5.69 Å². The van der Waals surface area contributed by atoms with E-state index in [0.29, 0.717) is 11.7 Å². The van der Waals surface area contributed by atoms with Crippen molar-refractivity contribution in [3.63, 3.8) is 0 Å². The Morgan fingerprint density at radius 3 is 2.56 bits per heavy atom. The van der Waals surface area contributed by atoms with E-state index in [1.807, 2.05) is 63.4 Å². The quantitative estimate of drug-likeness (QED) is 0.619. The van der Waals surface area contributed by atoms with E-state index in [2.05, 4.69) is 32.3 Å². The maximum atomic E-state index is 5.65. The normalized spacial score (nSPS) is 10.7. The van der Waals surface area contributed by atoms with Gasteiger partial charge < -0.3 is 19.9 Å². The third-order valence-electron chi connectivity index (χ3n) is 4.00. The Morgan fingerprint density at radius 2 is 1.89 bits per heavy atom. The molecule has 0 radical (unpaired) electrons. The lowest BCUT2D eigenvalue weighted by Gasteiger charge is -2.15. The molecule has 0 aliphatic heterocycles. The number of nitrogens with zero attached hydrogens (tertiary/aromatic N) is 2. The van der Waals surface area contributed by atoms with Crippen LogP contribution in [-0.4, -0.2) is 20.8 Å². The van der Waals surface area contributed by atoms with Gasteiger partial charge in [-0.15, -0.1) is 0 Å². The second-order valence-corrected chi connectivity index (χ2v) is 6.88. The average Bonchev–Trinajstić information content (AvgIpc) is 3.07. The first-order valence-corrected chi connectivity index (χ1v) is 9.33. The highest BCUT2D eigenvalue weighted by atomic mass is 32.1. The van der Waals surface area contributed by atoms with Crippen LogP contribution in [0.25, 0.3) is 5.69 Å². The molecule has 0 unspecified atom stereocenters. The predicted molar refractivity (Wildman–Crippen MR) is 114 cm³/mol. The molecule has 6 heteroatoms. The standard InChI is InChI=1S/C21H24N4OS/c1-15(2)26-19-10-8-18(9-11-19)24-21(27)23-14-17-6-4-5-7-20(17)25-13-12-22-16(25)3/h4-13,15H,14H2,1-3H3,(H2,23,24,27). The van der Waals surface area contributed by atoms with Gasteiger partial charge in [-0.25, -0.2) is 4.98 Å². The molecule has 0 aliphatic rings. The molecule has 3 aromatic rings. The second kappa shape index (κ2) is 8.68. The smallest absolute Gasteiger partial charge is 0.171 e. The second-order valence-electron chi connectivity index (χ2n) is 6.47. The van der Waals surface area contributed by atoms with Crippen LogP contribution < -0.4 is 15.4 Å². The molecule has 0 fully saturated rings. The predicted octanol–water partition coefficient (Wildman–Crippen LogP) is 4.45. The van der Waals surface area contributed by atoms with Gasteiger partial charge in [-0.1, -0.05) is 18.2 Å². The largest absolute Gasteiger partial charge is 0.491 e. The zero-order valence-electron chi connectivity index (χ0n) is 15.8. The van der Waals surface area contributed by atoms with E-state index in [9.17, 15) is 0 Å². The van der Waals surface area contributed by atoms with Crippen molar-refractivity contribution in [2.45, 2.75) is 33.4 Å². The van der Waals surface area contributed by atoms with Crippen molar-refractivity contribution < 1.29 is 4.74 Å². The van der Waals surface area contributed by atoms with E-state index >= 15 is 0 Å². The number of thiocarbonyl (C=S) groups is 1. The monoisotopic (exact) mass is 380 g/mol. The number of ether oxygens (including phenoxy) is 1. The molecule has 0 aliphatic carbocycles. The molecule has 0 bridgehead atoms. The third-order valence-corrected chi connectivity index (χ3v) is 4.25. The van der Waals surface area contributed by atoms with Gasteiger partial charge in [-0.3, -0.25) is 0 Å². The van der Waals surface area contributed by atoms with Crippen LogP contribution in [-0.2, 0) is 6.54 Å². The molecule has 0 amide bonds. The number of imidazole rings is 1. The van der Waals surface area contributed by atoms with Crippen LogP contribution in [0, 0.1) is 6.92 Å². The summed E-state index contributed by atoms with van der Waals surface area (Å²) in [6.45, 7) is 6.62. The molecule has 0 spiro atoms. The summed E-state index contributed by atoms with van der Waals surface area (Å²) in [6.07, 6.45) is 3.93. The van der Waals surface area contributed by atoms with Crippen LogP contribution >= 0.6 is 12.2 Å². The summed E-state index contributed by atoms with van der Waals surface area (Å²) in [5.41, 5.74) is 3.16. The molecule has 0 saturated carbocycles. The van der Waals surface area contributed by atoms with E-state index in [0.717, 1.165) is 28.5 Å². The molecule has 5 nitrogen and oxygen atoms in total. The molecule has 0 saturated heterocycles. The van der Waals surface area contributed by atoms with Crippen LogP contribution in [0.3, 0.4) is 0 Å². The van der Waals surface area contributed by atoms with Crippen LogP contribution in [0.1, 0.15) is 25.2 Å². The van der Waals surface area contributed by atoms with Crippen LogP contribution in [0.15, 0.2) is 60.9 Å². The van der Waals surface area contributed by atoms with Crippen LogP contribution in [0.2, 0.25) is 0 Å². The molecule has 140 valence electrons. The Kier molecular flexibility index (Phi) is 6.08. The highest BCUT2D eigenvalue weighted by Crippen LogP contribution is 2.18. The van der Waals surface area contributed by atoms with E-state index in [-0.39, 0.29) is 6.10 Å². The van der Waals surface area contributed by atoms with Crippen molar-refractivity contribution in [1.82, 2.24) is 14.9 Å². The number of hydrogen-bond acceptors (Lipinski definition) is 3. The lowest BCUT2D eigenvalue weighted by Crippen LogP contribution is -2.28. The maximum Gasteiger partial charge on any atom is 0.171 e. The summed E-state index contributed by atoms with van der Waals surface area (Å²) < 4.78 is 7.72. The minimum absolute atomic E-state index is 0.158. The van der Waals surface area contributed by atoms with E-state index in [1.165, 1.54) is 0 Å². The Bertz CT molecular complexity index is 903. The topological polar surface area (TPSA) is 51.1 Å². The Labute approximate surface area is 165 Å². The summed E-state index contributed by atoms with van der Waals surface area (Å²) in [4.78, 5) is 4.30. The third kappa shape index (κ3) is 5.08. The average molecular weight is 381 g/mol. The highest BCUT2D eigenvalue weighted by Gasteiger charge is 2.07. The van der Waals surface area contributed by atoms with E-state index in [4.69, 9.17) is 17.0 Å².